The number of nitrogens with zero attached hydrogens (tertiary/aromatic N) is 2. The summed E-state index contributed by atoms with van der Waals surface area (Å²) in [4.78, 5) is 18.6. The molecule has 3 nitrogen and oxygen atoms in total. The van der Waals surface area contributed by atoms with E-state index in [0.29, 0.717) is 5.75 Å². The number of anilines is 1. The highest BCUT2D eigenvalue weighted by Crippen LogP contribution is 2.30. The van der Waals surface area contributed by atoms with Crippen molar-refractivity contribution >= 4 is 34.2 Å². The molecule has 3 rings (SSSR count). The van der Waals surface area contributed by atoms with Crippen molar-refractivity contribution in [2.24, 2.45) is 4.99 Å². The SMILES string of the molecule is Cc1cc(C)cc(N2C(=O)CSC2=Nc2ccccc2)c1. The monoisotopic (exact) mass is 296 g/mol. The molecule has 106 valence electrons. The number of carbonyl (C=O) groups is 1. The lowest BCUT2D eigenvalue weighted by atomic mass is 10.1. The van der Waals surface area contributed by atoms with Crippen LogP contribution in [0.2, 0.25) is 0 Å². The highest BCUT2D eigenvalue weighted by atomic mass is 32.2. The molecule has 0 aromatic heterocycles. The van der Waals surface area contributed by atoms with E-state index in [1.165, 1.54) is 11.8 Å². The topological polar surface area (TPSA) is 32.7 Å². The number of benzene rings is 2. The first-order chi connectivity index (χ1) is 10.1. The van der Waals surface area contributed by atoms with Crippen molar-refractivity contribution in [3.05, 3.63) is 59.7 Å². The molecule has 0 bridgehead atoms. The van der Waals surface area contributed by atoms with E-state index in [0.717, 1.165) is 27.7 Å². The molecule has 1 amide bonds. The third-order valence-corrected chi connectivity index (χ3v) is 4.13. The molecule has 0 saturated carbocycles. The molecule has 1 fully saturated rings. The molecule has 1 aliphatic heterocycles. The van der Waals surface area contributed by atoms with Crippen LogP contribution in [0.3, 0.4) is 0 Å². The van der Waals surface area contributed by atoms with E-state index >= 15 is 0 Å². The fourth-order valence-electron chi connectivity index (χ4n) is 2.39. The second-order valence-corrected chi connectivity index (χ2v) is 6.04. The molecular weight excluding hydrogens is 280 g/mol. The van der Waals surface area contributed by atoms with Crippen LogP contribution < -0.4 is 4.90 Å². The second kappa shape index (κ2) is 5.74. The molecule has 1 saturated heterocycles. The zero-order chi connectivity index (χ0) is 14.8. The number of hydrogen-bond acceptors (Lipinski definition) is 3. The van der Waals surface area contributed by atoms with E-state index in [1.807, 2.05) is 56.3 Å². The summed E-state index contributed by atoms with van der Waals surface area (Å²) < 4.78 is 0. The summed E-state index contributed by atoms with van der Waals surface area (Å²) in [5.41, 5.74) is 4.06. The van der Waals surface area contributed by atoms with Crippen LogP contribution in [0.5, 0.6) is 0 Å². The van der Waals surface area contributed by atoms with Crippen LogP contribution in [0, 0.1) is 13.8 Å². The molecule has 0 unspecified atom stereocenters. The number of rotatable bonds is 2. The first-order valence-corrected chi connectivity index (χ1v) is 7.80. The fourth-order valence-corrected chi connectivity index (χ4v) is 3.28. The standard InChI is InChI=1S/C17H16N2OS/c1-12-8-13(2)10-15(9-12)19-16(20)11-21-17(19)18-14-6-4-3-5-7-14/h3-10H,11H2,1-2H3. The first kappa shape index (κ1) is 13.9. The summed E-state index contributed by atoms with van der Waals surface area (Å²) in [6, 6.07) is 15.9. The van der Waals surface area contributed by atoms with Crippen molar-refractivity contribution < 1.29 is 4.79 Å². The average Bonchev–Trinajstić information content (AvgIpc) is 2.80. The van der Waals surface area contributed by atoms with Gasteiger partial charge in [0.15, 0.2) is 5.17 Å². The van der Waals surface area contributed by atoms with Crippen molar-refractivity contribution in [1.29, 1.82) is 0 Å². The first-order valence-electron chi connectivity index (χ1n) is 6.81. The Labute approximate surface area is 128 Å². The zero-order valence-corrected chi connectivity index (χ0v) is 12.9. The lowest BCUT2D eigenvalue weighted by molar-refractivity contribution is -0.115. The molecule has 1 heterocycles. The number of para-hydroxylation sites is 1. The zero-order valence-electron chi connectivity index (χ0n) is 12.0. The van der Waals surface area contributed by atoms with Crippen molar-refractivity contribution in [2.75, 3.05) is 10.7 Å². The summed E-state index contributed by atoms with van der Waals surface area (Å²) in [6.45, 7) is 4.08. The van der Waals surface area contributed by atoms with Crippen LogP contribution in [-0.4, -0.2) is 16.8 Å². The van der Waals surface area contributed by atoms with Crippen molar-refractivity contribution in [3.8, 4) is 0 Å². The molecule has 4 heteroatoms. The van der Waals surface area contributed by atoms with Gasteiger partial charge in [0.2, 0.25) is 5.91 Å². The van der Waals surface area contributed by atoms with Gasteiger partial charge in [-0.1, -0.05) is 36.0 Å². The molecule has 21 heavy (non-hydrogen) atoms. The van der Waals surface area contributed by atoms with Crippen molar-refractivity contribution in [3.63, 3.8) is 0 Å². The third-order valence-electron chi connectivity index (χ3n) is 3.21. The minimum atomic E-state index is 0.0830. The molecule has 0 spiro atoms. The molecule has 0 radical (unpaired) electrons. The Hall–Kier alpha value is -2.07. The van der Waals surface area contributed by atoms with Gasteiger partial charge in [-0.2, -0.15) is 0 Å². The Morgan fingerprint density at radius 3 is 2.38 bits per heavy atom. The van der Waals surface area contributed by atoms with Gasteiger partial charge in [0, 0.05) is 0 Å². The summed E-state index contributed by atoms with van der Waals surface area (Å²) in [6.07, 6.45) is 0. The molecule has 2 aromatic carbocycles. The number of carbonyl (C=O) groups excluding carboxylic acids is 1. The lowest BCUT2D eigenvalue weighted by Crippen LogP contribution is -2.29. The van der Waals surface area contributed by atoms with Crippen LogP contribution in [0.25, 0.3) is 0 Å². The van der Waals surface area contributed by atoms with Gasteiger partial charge in [-0.3, -0.25) is 9.69 Å². The van der Waals surface area contributed by atoms with Gasteiger partial charge in [-0.25, -0.2) is 4.99 Å². The summed E-state index contributed by atoms with van der Waals surface area (Å²) >= 11 is 1.49. The minimum absolute atomic E-state index is 0.0830. The average molecular weight is 296 g/mol. The van der Waals surface area contributed by atoms with E-state index in [2.05, 4.69) is 11.1 Å². The minimum Gasteiger partial charge on any atom is -0.273 e. The normalized spacial score (nSPS) is 16.8. The molecule has 0 aliphatic carbocycles. The number of hydrogen-bond donors (Lipinski definition) is 0. The maximum Gasteiger partial charge on any atom is 0.243 e. The Balaban J connectivity index is 2.02. The predicted molar refractivity (Wildman–Crippen MR) is 89.4 cm³/mol. The number of aryl methyl sites for hydroxylation is 2. The van der Waals surface area contributed by atoms with Gasteiger partial charge in [-0.05, 0) is 49.2 Å². The van der Waals surface area contributed by atoms with Gasteiger partial charge < -0.3 is 0 Å². The summed E-state index contributed by atoms with van der Waals surface area (Å²) in [7, 11) is 0. The highest BCUT2D eigenvalue weighted by Gasteiger charge is 2.29. The van der Waals surface area contributed by atoms with Gasteiger partial charge in [-0.15, -0.1) is 0 Å². The van der Waals surface area contributed by atoms with E-state index in [-0.39, 0.29) is 5.91 Å². The Morgan fingerprint density at radius 2 is 1.71 bits per heavy atom. The smallest absolute Gasteiger partial charge is 0.243 e. The van der Waals surface area contributed by atoms with Crippen LogP contribution in [0.1, 0.15) is 11.1 Å². The Morgan fingerprint density at radius 1 is 1.05 bits per heavy atom. The van der Waals surface area contributed by atoms with Gasteiger partial charge >= 0.3 is 0 Å². The van der Waals surface area contributed by atoms with Gasteiger partial charge in [0.1, 0.15) is 0 Å². The second-order valence-electron chi connectivity index (χ2n) is 5.09. The van der Waals surface area contributed by atoms with Crippen LogP contribution in [0.4, 0.5) is 11.4 Å². The van der Waals surface area contributed by atoms with E-state index in [9.17, 15) is 4.79 Å². The lowest BCUT2D eigenvalue weighted by Gasteiger charge is -2.17. The summed E-state index contributed by atoms with van der Waals surface area (Å²) in [5, 5.41) is 0.746. The largest absolute Gasteiger partial charge is 0.273 e. The molecular formula is C17H16N2OS. The molecule has 0 atom stereocenters. The van der Waals surface area contributed by atoms with Gasteiger partial charge in [0.05, 0.1) is 17.1 Å². The quantitative estimate of drug-likeness (QED) is 0.837. The number of amidine groups is 1. The van der Waals surface area contributed by atoms with E-state index in [1.54, 1.807) is 4.90 Å². The maximum absolute atomic E-state index is 12.2. The molecule has 2 aromatic rings. The van der Waals surface area contributed by atoms with E-state index < -0.39 is 0 Å². The van der Waals surface area contributed by atoms with Crippen LogP contribution in [0.15, 0.2) is 53.5 Å². The molecule has 1 aliphatic rings. The van der Waals surface area contributed by atoms with Crippen LogP contribution >= 0.6 is 11.8 Å². The summed E-state index contributed by atoms with van der Waals surface area (Å²) in [5.74, 6) is 0.526. The highest BCUT2D eigenvalue weighted by molar-refractivity contribution is 8.15. The van der Waals surface area contributed by atoms with E-state index in [4.69, 9.17) is 0 Å². The number of amides is 1. The number of aliphatic imine (C=N–C) groups is 1. The van der Waals surface area contributed by atoms with Gasteiger partial charge in [0.25, 0.3) is 0 Å². The van der Waals surface area contributed by atoms with Crippen LogP contribution in [-0.2, 0) is 4.79 Å². The van der Waals surface area contributed by atoms with Crippen molar-refractivity contribution in [1.82, 2.24) is 0 Å². The predicted octanol–water partition coefficient (Wildman–Crippen LogP) is 4.07. The Kier molecular flexibility index (Phi) is 3.80. The maximum atomic E-state index is 12.2. The Bertz CT molecular complexity index is 690. The van der Waals surface area contributed by atoms with Crippen molar-refractivity contribution in [2.45, 2.75) is 13.8 Å². The molecule has 0 N–H and O–H groups in total. The fraction of sp³-hybridized carbons (Fsp3) is 0.176. The number of thioether (sulfide) groups is 1. The third kappa shape index (κ3) is 3.00.